The van der Waals surface area contributed by atoms with E-state index in [0.29, 0.717) is 6.54 Å². The second-order valence-corrected chi connectivity index (χ2v) is 4.18. The van der Waals surface area contributed by atoms with Gasteiger partial charge in [-0.3, -0.25) is 4.90 Å². The lowest BCUT2D eigenvalue weighted by Gasteiger charge is -2.12. The van der Waals surface area contributed by atoms with Gasteiger partial charge in [0.1, 0.15) is 11.5 Å². The molecular formula is C11H18N2O2. The summed E-state index contributed by atoms with van der Waals surface area (Å²) in [6, 6.07) is 2.01. The lowest BCUT2D eigenvalue weighted by molar-refractivity contribution is 0.172. The SMILES string of the molecule is Cc1oc(CN2CCC(O)C2)cc1CN. The zero-order valence-corrected chi connectivity index (χ0v) is 9.07. The van der Waals surface area contributed by atoms with Crippen molar-refractivity contribution in [1.29, 1.82) is 0 Å². The number of nitrogens with two attached hydrogens (primary N) is 1. The van der Waals surface area contributed by atoms with Crippen LogP contribution in [0.15, 0.2) is 10.5 Å². The van der Waals surface area contributed by atoms with Crippen molar-refractivity contribution >= 4 is 0 Å². The molecule has 4 nitrogen and oxygen atoms in total. The standard InChI is InChI=1S/C11H18N2O2/c1-8-9(5-12)4-11(15-8)7-13-3-2-10(14)6-13/h4,10,14H,2-3,5-7,12H2,1H3. The van der Waals surface area contributed by atoms with Gasteiger partial charge in [0.2, 0.25) is 0 Å². The molecule has 3 N–H and O–H groups in total. The van der Waals surface area contributed by atoms with E-state index in [0.717, 1.165) is 43.1 Å². The molecule has 0 aliphatic carbocycles. The predicted molar refractivity (Wildman–Crippen MR) is 57.2 cm³/mol. The molecule has 1 atom stereocenters. The van der Waals surface area contributed by atoms with Gasteiger partial charge >= 0.3 is 0 Å². The van der Waals surface area contributed by atoms with Gasteiger partial charge in [0.05, 0.1) is 12.6 Å². The summed E-state index contributed by atoms with van der Waals surface area (Å²) in [4.78, 5) is 2.20. The van der Waals surface area contributed by atoms with Crippen molar-refractivity contribution in [3.05, 3.63) is 23.2 Å². The first-order valence-corrected chi connectivity index (χ1v) is 5.37. The van der Waals surface area contributed by atoms with E-state index in [4.69, 9.17) is 10.2 Å². The van der Waals surface area contributed by atoms with Crippen LogP contribution >= 0.6 is 0 Å². The molecule has 1 aromatic heterocycles. The molecule has 0 amide bonds. The second-order valence-electron chi connectivity index (χ2n) is 4.18. The van der Waals surface area contributed by atoms with Gasteiger partial charge in [-0.15, -0.1) is 0 Å². The van der Waals surface area contributed by atoms with E-state index in [-0.39, 0.29) is 6.10 Å². The summed E-state index contributed by atoms with van der Waals surface area (Å²) in [6.45, 7) is 4.93. The van der Waals surface area contributed by atoms with Crippen LogP contribution in [0.2, 0.25) is 0 Å². The van der Waals surface area contributed by atoms with Crippen LogP contribution in [-0.4, -0.2) is 29.2 Å². The molecule has 4 heteroatoms. The zero-order valence-electron chi connectivity index (χ0n) is 9.07. The highest BCUT2D eigenvalue weighted by Crippen LogP contribution is 2.18. The highest BCUT2D eigenvalue weighted by Gasteiger charge is 2.21. The molecule has 2 heterocycles. The Balaban J connectivity index is 1.98. The predicted octanol–water partition coefficient (Wildman–Crippen LogP) is 0.613. The Bertz CT molecular complexity index is 335. The molecule has 0 spiro atoms. The molecule has 0 radical (unpaired) electrons. The van der Waals surface area contributed by atoms with E-state index in [9.17, 15) is 5.11 Å². The van der Waals surface area contributed by atoms with Crippen molar-refractivity contribution < 1.29 is 9.52 Å². The third kappa shape index (κ3) is 2.40. The monoisotopic (exact) mass is 210 g/mol. The van der Waals surface area contributed by atoms with Crippen molar-refractivity contribution in [3.63, 3.8) is 0 Å². The number of hydrogen-bond acceptors (Lipinski definition) is 4. The van der Waals surface area contributed by atoms with Crippen LogP contribution in [0.4, 0.5) is 0 Å². The van der Waals surface area contributed by atoms with Gasteiger partial charge in [-0.1, -0.05) is 0 Å². The fourth-order valence-corrected chi connectivity index (χ4v) is 2.04. The van der Waals surface area contributed by atoms with Gasteiger partial charge in [-0.2, -0.15) is 0 Å². The Kier molecular flexibility index (Phi) is 3.09. The minimum absolute atomic E-state index is 0.171. The number of aliphatic hydroxyl groups is 1. The summed E-state index contributed by atoms with van der Waals surface area (Å²) in [5.74, 6) is 1.86. The third-order valence-corrected chi connectivity index (χ3v) is 2.92. The Hall–Kier alpha value is -0.840. The van der Waals surface area contributed by atoms with Crippen molar-refractivity contribution in [2.75, 3.05) is 13.1 Å². The van der Waals surface area contributed by atoms with E-state index < -0.39 is 0 Å². The molecule has 84 valence electrons. The summed E-state index contributed by atoms with van der Waals surface area (Å²) < 4.78 is 5.60. The first-order valence-electron chi connectivity index (χ1n) is 5.37. The minimum atomic E-state index is -0.171. The summed E-state index contributed by atoms with van der Waals surface area (Å²) in [6.07, 6.45) is 0.693. The number of likely N-dealkylation sites (tertiary alicyclic amines) is 1. The number of rotatable bonds is 3. The lowest BCUT2D eigenvalue weighted by Crippen LogP contribution is -2.21. The maximum absolute atomic E-state index is 9.39. The van der Waals surface area contributed by atoms with Crippen LogP contribution in [-0.2, 0) is 13.1 Å². The van der Waals surface area contributed by atoms with Crippen LogP contribution in [0, 0.1) is 6.92 Å². The highest BCUT2D eigenvalue weighted by molar-refractivity contribution is 5.20. The van der Waals surface area contributed by atoms with E-state index in [1.807, 2.05) is 13.0 Å². The highest BCUT2D eigenvalue weighted by atomic mass is 16.3. The average Bonchev–Trinajstić information content (AvgIpc) is 2.73. The van der Waals surface area contributed by atoms with Crippen molar-refractivity contribution in [2.24, 2.45) is 5.73 Å². The fraction of sp³-hybridized carbons (Fsp3) is 0.636. The molecule has 0 aromatic carbocycles. The first-order chi connectivity index (χ1) is 7.19. The Labute approximate surface area is 89.7 Å². The number of aliphatic hydroxyl groups excluding tert-OH is 1. The molecule has 15 heavy (non-hydrogen) atoms. The molecule has 1 fully saturated rings. The minimum Gasteiger partial charge on any atom is -0.465 e. The number of furan rings is 1. The van der Waals surface area contributed by atoms with Crippen LogP contribution in [0.25, 0.3) is 0 Å². The smallest absolute Gasteiger partial charge is 0.118 e. The zero-order chi connectivity index (χ0) is 10.8. The Morgan fingerprint density at radius 3 is 3.00 bits per heavy atom. The largest absolute Gasteiger partial charge is 0.465 e. The molecule has 1 aliphatic rings. The molecule has 1 aromatic rings. The number of nitrogens with zero attached hydrogens (tertiary/aromatic N) is 1. The van der Waals surface area contributed by atoms with Crippen LogP contribution < -0.4 is 5.73 Å². The van der Waals surface area contributed by atoms with Gasteiger partial charge in [-0.25, -0.2) is 0 Å². The average molecular weight is 210 g/mol. The second kappa shape index (κ2) is 4.35. The van der Waals surface area contributed by atoms with E-state index >= 15 is 0 Å². The van der Waals surface area contributed by atoms with Crippen LogP contribution in [0.3, 0.4) is 0 Å². The Morgan fingerprint density at radius 2 is 2.47 bits per heavy atom. The quantitative estimate of drug-likeness (QED) is 0.767. The Morgan fingerprint density at radius 1 is 1.67 bits per heavy atom. The van der Waals surface area contributed by atoms with Gasteiger partial charge in [0.25, 0.3) is 0 Å². The van der Waals surface area contributed by atoms with Crippen LogP contribution in [0.5, 0.6) is 0 Å². The van der Waals surface area contributed by atoms with Crippen molar-refractivity contribution in [3.8, 4) is 0 Å². The molecule has 0 bridgehead atoms. The summed E-state index contributed by atoms with van der Waals surface area (Å²) in [7, 11) is 0. The van der Waals surface area contributed by atoms with Crippen LogP contribution in [0.1, 0.15) is 23.5 Å². The van der Waals surface area contributed by atoms with Crippen molar-refractivity contribution in [1.82, 2.24) is 4.90 Å². The van der Waals surface area contributed by atoms with E-state index in [1.54, 1.807) is 0 Å². The molecule has 1 aliphatic heterocycles. The molecule has 0 saturated carbocycles. The summed E-state index contributed by atoms with van der Waals surface area (Å²) in [5.41, 5.74) is 6.65. The maximum Gasteiger partial charge on any atom is 0.118 e. The van der Waals surface area contributed by atoms with Gasteiger partial charge in [-0.05, 0) is 19.4 Å². The maximum atomic E-state index is 9.39. The molecule has 1 unspecified atom stereocenters. The molecule has 1 saturated heterocycles. The van der Waals surface area contributed by atoms with E-state index in [1.165, 1.54) is 0 Å². The van der Waals surface area contributed by atoms with Gasteiger partial charge in [0, 0.05) is 25.2 Å². The summed E-state index contributed by atoms with van der Waals surface area (Å²) in [5, 5.41) is 9.39. The molecular weight excluding hydrogens is 192 g/mol. The number of aryl methyl sites for hydroxylation is 1. The van der Waals surface area contributed by atoms with Gasteiger partial charge in [0.15, 0.2) is 0 Å². The summed E-state index contributed by atoms with van der Waals surface area (Å²) >= 11 is 0. The lowest BCUT2D eigenvalue weighted by atomic mass is 10.2. The number of hydrogen-bond donors (Lipinski definition) is 2. The van der Waals surface area contributed by atoms with Crippen molar-refractivity contribution in [2.45, 2.75) is 32.5 Å². The van der Waals surface area contributed by atoms with E-state index in [2.05, 4.69) is 4.90 Å². The number of β-amino-alcohol motifs (C(OH)–C–C–N with tert-alkyl or cyclic N) is 1. The first kappa shape index (κ1) is 10.7. The third-order valence-electron chi connectivity index (χ3n) is 2.92. The van der Waals surface area contributed by atoms with Gasteiger partial charge < -0.3 is 15.3 Å². The topological polar surface area (TPSA) is 62.6 Å². The molecule has 2 rings (SSSR count). The fourth-order valence-electron chi connectivity index (χ4n) is 2.04. The normalized spacial score (nSPS) is 22.5.